The van der Waals surface area contributed by atoms with E-state index in [1.165, 1.54) is 0 Å². The Balaban J connectivity index is -0.00000000133. The van der Waals surface area contributed by atoms with Crippen LogP contribution in [-0.2, 0) is 0 Å². The average Bonchev–Trinajstić information content (AvgIpc) is 0.918. The number of hydrogen-bond acceptors (Lipinski definition) is 3. The van der Waals surface area contributed by atoms with Crippen molar-refractivity contribution in [3.8, 4) is 0 Å². The summed E-state index contributed by atoms with van der Waals surface area (Å²) in [7, 11) is 0. The van der Waals surface area contributed by atoms with Crippen molar-refractivity contribution in [2.45, 2.75) is 0 Å². The monoisotopic (exact) mass is 159 g/mol. The van der Waals surface area contributed by atoms with Crippen molar-refractivity contribution in [1.29, 1.82) is 0 Å². The van der Waals surface area contributed by atoms with Crippen LogP contribution in [0.15, 0.2) is 5.34 Å². The first-order chi connectivity index (χ1) is 1.41. The third-order valence-corrected chi connectivity index (χ3v) is 0. The summed E-state index contributed by atoms with van der Waals surface area (Å²) in [5, 5.41) is 9.00. The Morgan fingerprint density at radius 1 is 0.889 bits per heavy atom. The average molecular weight is 159 g/mol. The molecule has 9 heteroatoms. The van der Waals surface area contributed by atoms with E-state index in [9.17, 15) is 0 Å². The van der Waals surface area contributed by atoms with E-state index in [2.05, 4.69) is 0 Å². The summed E-state index contributed by atoms with van der Waals surface area (Å²) in [6, 6.07) is 0. The molecular formula is H10NNaO7. The van der Waals surface area contributed by atoms with E-state index in [1.807, 2.05) is 0 Å². The van der Waals surface area contributed by atoms with E-state index in [-0.39, 0.29) is 56.9 Å². The maximum absolute atomic E-state index is 8.00. The Hall–Kier alpha value is 0.200. The Labute approximate surface area is 72.6 Å². The summed E-state index contributed by atoms with van der Waals surface area (Å²) in [5.74, 6) is 0. The summed E-state index contributed by atoms with van der Waals surface area (Å²) >= 11 is 0. The molecule has 0 atom stereocenters. The standard InChI is InChI=1S/HNO2.Na.5H2O/c2-1-3;;;;;;/h(H,2,3);;5*1H2/q;+1;;;;;/p-1. The van der Waals surface area contributed by atoms with Crippen molar-refractivity contribution in [3.63, 3.8) is 0 Å². The molecule has 0 heterocycles. The predicted octanol–water partition coefficient (Wildman–Crippen LogP) is -6.87. The second-order valence-corrected chi connectivity index (χ2v) is 0.0745. The van der Waals surface area contributed by atoms with Gasteiger partial charge in [-0.3, -0.25) is 0 Å². The van der Waals surface area contributed by atoms with Gasteiger partial charge in [0.15, 0.2) is 0 Å². The van der Waals surface area contributed by atoms with Crippen molar-refractivity contribution in [2.24, 2.45) is 5.34 Å². The first-order valence-electron chi connectivity index (χ1n) is 0.365. The van der Waals surface area contributed by atoms with E-state index in [1.54, 1.807) is 0 Å². The maximum atomic E-state index is 8.00. The van der Waals surface area contributed by atoms with Crippen LogP contribution < -0.4 is 29.6 Å². The van der Waals surface area contributed by atoms with Crippen LogP contribution in [-0.4, -0.2) is 27.4 Å². The van der Waals surface area contributed by atoms with E-state index in [0.29, 0.717) is 0 Å². The van der Waals surface area contributed by atoms with Gasteiger partial charge in [0.2, 0.25) is 0 Å². The smallest absolute Gasteiger partial charge is 0.444 e. The minimum absolute atomic E-state index is 0. The second-order valence-electron chi connectivity index (χ2n) is 0.0745. The van der Waals surface area contributed by atoms with Gasteiger partial charge in [-0.05, 0) is 0 Å². The van der Waals surface area contributed by atoms with Gasteiger partial charge in [-0.2, -0.15) is 0 Å². The maximum Gasteiger partial charge on any atom is 1.00 e. The van der Waals surface area contributed by atoms with Gasteiger partial charge in [-0.15, -0.1) is 5.34 Å². The minimum atomic E-state index is 0. The summed E-state index contributed by atoms with van der Waals surface area (Å²) in [6.45, 7) is 0. The van der Waals surface area contributed by atoms with E-state index >= 15 is 0 Å². The van der Waals surface area contributed by atoms with Crippen LogP contribution in [0, 0.1) is 10.1 Å². The Kier molecular flexibility index (Phi) is 4190. The molecule has 8 nitrogen and oxygen atoms in total. The molecule has 0 fully saturated rings. The molecular weight excluding hydrogens is 149 g/mol. The minimum Gasteiger partial charge on any atom is -0.444 e. The van der Waals surface area contributed by atoms with Crippen molar-refractivity contribution in [2.75, 3.05) is 0 Å². The van der Waals surface area contributed by atoms with Crippen LogP contribution in [0.5, 0.6) is 0 Å². The number of nitrogens with zero attached hydrogens (tertiary/aromatic N) is 1. The van der Waals surface area contributed by atoms with Crippen molar-refractivity contribution >= 4 is 0 Å². The molecule has 0 aromatic rings. The molecule has 0 aromatic heterocycles. The molecule has 58 valence electrons. The molecule has 0 saturated carbocycles. The molecule has 0 saturated heterocycles. The van der Waals surface area contributed by atoms with Gasteiger partial charge in [0.05, 0.1) is 0 Å². The van der Waals surface area contributed by atoms with E-state index < -0.39 is 0 Å². The van der Waals surface area contributed by atoms with Gasteiger partial charge < -0.3 is 37.5 Å². The zero-order valence-electron chi connectivity index (χ0n) is 4.76. The van der Waals surface area contributed by atoms with E-state index in [0.717, 1.165) is 5.34 Å². The molecule has 0 amide bonds. The van der Waals surface area contributed by atoms with Gasteiger partial charge in [-0.25, -0.2) is 0 Å². The fourth-order valence-corrected chi connectivity index (χ4v) is 0. The Bertz CT molecular complexity index is 16.4. The number of rotatable bonds is 0. The molecule has 10 N–H and O–H groups in total. The molecule has 0 rings (SSSR count). The fourth-order valence-electron chi connectivity index (χ4n) is 0. The zero-order valence-corrected chi connectivity index (χ0v) is 6.76. The van der Waals surface area contributed by atoms with Gasteiger partial charge >= 0.3 is 29.6 Å². The zero-order chi connectivity index (χ0) is 2.71. The number of hydrogen-bond donors (Lipinski definition) is 0. The third-order valence-electron chi connectivity index (χ3n) is 0. The van der Waals surface area contributed by atoms with Crippen LogP contribution in [0.2, 0.25) is 0 Å². The molecule has 0 radical (unpaired) electrons. The van der Waals surface area contributed by atoms with Gasteiger partial charge in [0.1, 0.15) is 0 Å². The van der Waals surface area contributed by atoms with Crippen LogP contribution >= 0.6 is 0 Å². The summed E-state index contributed by atoms with van der Waals surface area (Å²) in [5.41, 5.74) is 0. The van der Waals surface area contributed by atoms with Gasteiger partial charge in [0, 0.05) is 0 Å². The summed E-state index contributed by atoms with van der Waals surface area (Å²) in [4.78, 5) is 8.00. The van der Waals surface area contributed by atoms with Gasteiger partial charge in [0.25, 0.3) is 0 Å². The molecule has 0 aliphatic rings. The Morgan fingerprint density at radius 3 is 0.889 bits per heavy atom. The van der Waals surface area contributed by atoms with Crippen LogP contribution in [0.3, 0.4) is 0 Å². The predicted molar refractivity (Wildman–Crippen MR) is 27.2 cm³/mol. The van der Waals surface area contributed by atoms with Crippen LogP contribution in [0.25, 0.3) is 0 Å². The fraction of sp³-hybridized carbons (Fsp3) is 0. The first-order valence-corrected chi connectivity index (χ1v) is 0.365. The second kappa shape index (κ2) is 295. The van der Waals surface area contributed by atoms with Crippen molar-refractivity contribution < 1.29 is 56.9 Å². The summed E-state index contributed by atoms with van der Waals surface area (Å²) in [6.07, 6.45) is 0. The SMILES string of the molecule is O.O.O.O.O.O=N[O-].[Na+]. The quantitative estimate of drug-likeness (QED) is 0.191. The first kappa shape index (κ1) is 128. The molecule has 0 spiro atoms. The Morgan fingerprint density at radius 2 is 0.889 bits per heavy atom. The molecule has 0 aliphatic heterocycles. The largest absolute Gasteiger partial charge is 1.00 e. The molecule has 0 aromatic carbocycles. The topological polar surface area (TPSA) is 210 Å². The van der Waals surface area contributed by atoms with Crippen molar-refractivity contribution in [1.82, 2.24) is 0 Å². The van der Waals surface area contributed by atoms with Crippen LogP contribution in [0.1, 0.15) is 0 Å². The summed E-state index contributed by atoms with van der Waals surface area (Å²) < 4.78 is 0. The normalized spacial score (nSPS) is 1.33. The molecule has 0 aliphatic carbocycles. The molecule has 0 unspecified atom stereocenters. The van der Waals surface area contributed by atoms with E-state index in [4.69, 9.17) is 10.1 Å². The van der Waals surface area contributed by atoms with Crippen molar-refractivity contribution in [3.05, 3.63) is 10.1 Å². The van der Waals surface area contributed by atoms with Crippen LogP contribution in [0.4, 0.5) is 0 Å². The molecule has 0 bridgehead atoms. The third kappa shape index (κ3) is 7880. The van der Waals surface area contributed by atoms with Gasteiger partial charge in [-0.1, -0.05) is 0 Å². The molecule has 9 heavy (non-hydrogen) atoms.